The van der Waals surface area contributed by atoms with Crippen molar-refractivity contribution >= 4 is 16.9 Å². The monoisotopic (exact) mass is 390 g/mol. The number of aliphatic hydroxyl groups excluding tert-OH is 1. The standard InChI is InChI=1S/C24H38O2S/c1-2-3-4-12-17-22(25)18-13-9-7-5-6-8-10-16-21-24(26)27-23-19-14-11-15-20-23/h9,11,13-15,19-20,22,25H,2-8,10,12,16-18,21H2,1H3/b13-9-/t22-/m1/s1. The van der Waals surface area contributed by atoms with Crippen molar-refractivity contribution in [2.24, 2.45) is 0 Å². The average Bonchev–Trinajstić information content (AvgIpc) is 2.67. The molecule has 1 aromatic rings. The van der Waals surface area contributed by atoms with Gasteiger partial charge in [0.15, 0.2) is 5.12 Å². The number of allylic oxidation sites excluding steroid dienone is 1. The highest BCUT2D eigenvalue weighted by atomic mass is 32.2. The summed E-state index contributed by atoms with van der Waals surface area (Å²) in [7, 11) is 0. The van der Waals surface area contributed by atoms with Gasteiger partial charge in [-0.15, -0.1) is 0 Å². The average molecular weight is 391 g/mol. The fourth-order valence-electron chi connectivity index (χ4n) is 3.03. The van der Waals surface area contributed by atoms with Crippen LogP contribution < -0.4 is 0 Å². The van der Waals surface area contributed by atoms with Crippen molar-refractivity contribution in [1.29, 1.82) is 0 Å². The van der Waals surface area contributed by atoms with E-state index >= 15 is 0 Å². The highest BCUT2D eigenvalue weighted by molar-refractivity contribution is 8.13. The van der Waals surface area contributed by atoms with Gasteiger partial charge in [-0.25, -0.2) is 0 Å². The molecular weight excluding hydrogens is 352 g/mol. The van der Waals surface area contributed by atoms with Crippen molar-refractivity contribution in [3.63, 3.8) is 0 Å². The van der Waals surface area contributed by atoms with E-state index in [1.54, 1.807) is 0 Å². The van der Waals surface area contributed by atoms with Crippen LogP contribution in [0.15, 0.2) is 47.4 Å². The molecule has 0 bridgehead atoms. The van der Waals surface area contributed by atoms with Crippen molar-refractivity contribution in [2.75, 3.05) is 0 Å². The summed E-state index contributed by atoms with van der Waals surface area (Å²) in [6, 6.07) is 9.89. The predicted octanol–water partition coefficient (Wildman–Crippen LogP) is 7.31. The molecule has 0 unspecified atom stereocenters. The second kappa shape index (κ2) is 17.1. The molecule has 152 valence electrons. The number of hydrogen-bond donors (Lipinski definition) is 1. The van der Waals surface area contributed by atoms with E-state index in [2.05, 4.69) is 19.1 Å². The number of benzene rings is 1. The number of carbonyl (C=O) groups excluding carboxylic acids is 1. The van der Waals surface area contributed by atoms with Crippen LogP contribution in [0.25, 0.3) is 0 Å². The molecule has 1 atom stereocenters. The van der Waals surface area contributed by atoms with Gasteiger partial charge in [0.1, 0.15) is 0 Å². The van der Waals surface area contributed by atoms with Gasteiger partial charge in [-0.3, -0.25) is 4.79 Å². The highest BCUT2D eigenvalue weighted by Crippen LogP contribution is 2.21. The first-order valence-electron chi connectivity index (χ1n) is 10.8. The minimum atomic E-state index is -0.163. The molecule has 0 aliphatic carbocycles. The number of hydrogen-bond acceptors (Lipinski definition) is 3. The van der Waals surface area contributed by atoms with E-state index in [0.717, 1.165) is 43.4 Å². The molecule has 0 aromatic heterocycles. The summed E-state index contributed by atoms with van der Waals surface area (Å²) >= 11 is 1.36. The van der Waals surface area contributed by atoms with Crippen molar-refractivity contribution in [1.82, 2.24) is 0 Å². The first-order chi connectivity index (χ1) is 13.2. The zero-order valence-corrected chi connectivity index (χ0v) is 17.9. The van der Waals surface area contributed by atoms with Crippen molar-refractivity contribution in [2.45, 2.75) is 101 Å². The van der Waals surface area contributed by atoms with Gasteiger partial charge in [-0.2, -0.15) is 0 Å². The second-order valence-electron chi connectivity index (χ2n) is 7.30. The van der Waals surface area contributed by atoms with Crippen LogP contribution in [0, 0.1) is 0 Å². The molecule has 1 aromatic carbocycles. The Morgan fingerprint density at radius 2 is 1.67 bits per heavy atom. The number of aliphatic hydroxyl groups is 1. The lowest BCUT2D eigenvalue weighted by Gasteiger charge is -2.07. The normalized spacial score (nSPS) is 12.5. The lowest BCUT2D eigenvalue weighted by molar-refractivity contribution is -0.111. The third-order valence-corrected chi connectivity index (χ3v) is 5.63. The first kappa shape index (κ1) is 24.0. The molecule has 3 heteroatoms. The van der Waals surface area contributed by atoms with Crippen molar-refractivity contribution in [3.8, 4) is 0 Å². The Hall–Kier alpha value is -1.06. The number of unbranched alkanes of at least 4 members (excludes halogenated alkanes) is 8. The van der Waals surface area contributed by atoms with Crippen LogP contribution in [0.5, 0.6) is 0 Å². The summed E-state index contributed by atoms with van der Waals surface area (Å²) < 4.78 is 0. The summed E-state index contributed by atoms with van der Waals surface area (Å²) in [4.78, 5) is 12.9. The van der Waals surface area contributed by atoms with Crippen LogP contribution in [0.1, 0.15) is 90.4 Å². The van der Waals surface area contributed by atoms with Gasteiger partial charge in [0.05, 0.1) is 6.10 Å². The molecule has 0 radical (unpaired) electrons. The lowest BCUT2D eigenvalue weighted by Crippen LogP contribution is -2.04. The molecule has 0 heterocycles. The smallest absolute Gasteiger partial charge is 0.193 e. The van der Waals surface area contributed by atoms with Gasteiger partial charge in [0.25, 0.3) is 0 Å². The fraction of sp³-hybridized carbons (Fsp3) is 0.625. The molecule has 0 fully saturated rings. The van der Waals surface area contributed by atoms with Gasteiger partial charge < -0.3 is 5.11 Å². The van der Waals surface area contributed by atoms with Crippen LogP contribution in [0.3, 0.4) is 0 Å². The Kier molecular flexibility index (Phi) is 15.2. The summed E-state index contributed by atoms with van der Waals surface area (Å²) in [6.07, 6.45) is 18.4. The quantitative estimate of drug-likeness (QED) is 0.183. The Morgan fingerprint density at radius 1 is 0.963 bits per heavy atom. The maximum absolute atomic E-state index is 11.9. The Labute approximate surface area is 170 Å². The molecule has 0 saturated heterocycles. The van der Waals surface area contributed by atoms with Gasteiger partial charge in [0, 0.05) is 11.3 Å². The summed E-state index contributed by atoms with van der Waals surface area (Å²) in [6.45, 7) is 2.21. The Morgan fingerprint density at radius 3 is 2.44 bits per heavy atom. The highest BCUT2D eigenvalue weighted by Gasteiger charge is 2.04. The summed E-state index contributed by atoms with van der Waals surface area (Å²) in [5, 5.41) is 10.2. The van der Waals surface area contributed by atoms with Crippen LogP contribution in [0.4, 0.5) is 0 Å². The Bertz CT molecular complexity index is 498. The van der Waals surface area contributed by atoms with Crippen LogP contribution in [-0.2, 0) is 4.79 Å². The van der Waals surface area contributed by atoms with Crippen LogP contribution in [-0.4, -0.2) is 16.3 Å². The third kappa shape index (κ3) is 14.6. The van der Waals surface area contributed by atoms with Crippen LogP contribution in [0.2, 0.25) is 0 Å². The molecule has 1 N–H and O–H groups in total. The maximum Gasteiger partial charge on any atom is 0.193 e. The minimum Gasteiger partial charge on any atom is -0.393 e. The molecular formula is C24H38O2S. The van der Waals surface area contributed by atoms with E-state index in [9.17, 15) is 9.90 Å². The third-order valence-electron chi connectivity index (χ3n) is 4.69. The van der Waals surface area contributed by atoms with Gasteiger partial charge in [-0.05, 0) is 44.2 Å². The molecule has 0 spiro atoms. The topological polar surface area (TPSA) is 37.3 Å². The zero-order chi connectivity index (χ0) is 19.6. The maximum atomic E-state index is 11.9. The van der Waals surface area contributed by atoms with E-state index in [0.29, 0.717) is 6.42 Å². The summed E-state index contributed by atoms with van der Waals surface area (Å²) in [5.41, 5.74) is 0. The van der Waals surface area contributed by atoms with Gasteiger partial charge in [-0.1, -0.05) is 94.0 Å². The number of rotatable bonds is 16. The van der Waals surface area contributed by atoms with E-state index < -0.39 is 0 Å². The van der Waals surface area contributed by atoms with E-state index in [1.807, 2.05) is 30.3 Å². The molecule has 0 aliphatic heterocycles. The van der Waals surface area contributed by atoms with Gasteiger partial charge in [0.2, 0.25) is 0 Å². The first-order valence-corrected chi connectivity index (χ1v) is 11.6. The molecule has 0 amide bonds. The SMILES string of the molecule is CCCCCC[C@@H](O)C/C=C\CCCCCCCC(=O)Sc1ccccc1. The number of thioether (sulfide) groups is 1. The van der Waals surface area contributed by atoms with Crippen molar-refractivity contribution in [3.05, 3.63) is 42.5 Å². The molecule has 1 rings (SSSR count). The molecule has 2 nitrogen and oxygen atoms in total. The van der Waals surface area contributed by atoms with E-state index in [-0.39, 0.29) is 11.2 Å². The fourth-order valence-corrected chi connectivity index (χ4v) is 3.83. The molecule has 0 aliphatic rings. The van der Waals surface area contributed by atoms with Crippen LogP contribution >= 0.6 is 11.8 Å². The second-order valence-corrected chi connectivity index (χ2v) is 8.43. The van der Waals surface area contributed by atoms with E-state index in [1.165, 1.54) is 50.3 Å². The largest absolute Gasteiger partial charge is 0.393 e. The predicted molar refractivity (Wildman–Crippen MR) is 118 cm³/mol. The lowest BCUT2D eigenvalue weighted by atomic mass is 10.1. The van der Waals surface area contributed by atoms with Crippen molar-refractivity contribution < 1.29 is 9.90 Å². The Balaban J connectivity index is 1.89. The van der Waals surface area contributed by atoms with E-state index in [4.69, 9.17) is 0 Å². The molecule has 27 heavy (non-hydrogen) atoms. The van der Waals surface area contributed by atoms with Gasteiger partial charge >= 0.3 is 0 Å². The molecule has 0 saturated carbocycles. The minimum absolute atomic E-state index is 0.163. The number of carbonyl (C=O) groups is 1. The zero-order valence-electron chi connectivity index (χ0n) is 17.1. The summed E-state index contributed by atoms with van der Waals surface area (Å²) in [5.74, 6) is 0.